The number of carbonyl (C=O) groups excluding carboxylic acids is 2. The summed E-state index contributed by atoms with van der Waals surface area (Å²) >= 11 is 0. The fraction of sp³-hybridized carbons (Fsp3) is 0.476. The van der Waals surface area contributed by atoms with E-state index in [-0.39, 0.29) is 27.8 Å². The Labute approximate surface area is 180 Å². The van der Waals surface area contributed by atoms with Gasteiger partial charge in [-0.1, -0.05) is 19.1 Å². The van der Waals surface area contributed by atoms with Crippen molar-refractivity contribution in [2.75, 3.05) is 27.2 Å². The average Bonchev–Trinajstić information content (AvgIpc) is 3.31. The summed E-state index contributed by atoms with van der Waals surface area (Å²) in [6, 6.07) is 6.61. The number of fused-ring (bicyclic) bond motifs is 1. The molecule has 10 nitrogen and oxygen atoms in total. The zero-order valence-corrected chi connectivity index (χ0v) is 18.1. The van der Waals surface area contributed by atoms with Crippen molar-refractivity contribution in [2.24, 2.45) is 4.99 Å². The van der Waals surface area contributed by atoms with Crippen LogP contribution in [0.2, 0.25) is 0 Å². The van der Waals surface area contributed by atoms with Crippen LogP contribution in [0.3, 0.4) is 0 Å². The van der Waals surface area contributed by atoms with Crippen LogP contribution in [0.25, 0.3) is 10.9 Å². The van der Waals surface area contributed by atoms with Gasteiger partial charge < -0.3 is 15.0 Å². The highest BCUT2D eigenvalue weighted by Gasteiger charge is 2.93. The SMILES string of the molecule is CCCN1C(=O)C2N(C)C=NC23O[N+](CC(C)O)(c2c[nH]c4ccccc24)[N+]3(C)C1=O. The molecule has 2 N–H and O–H groups in total. The summed E-state index contributed by atoms with van der Waals surface area (Å²) in [7, 11) is 3.52. The summed E-state index contributed by atoms with van der Waals surface area (Å²) in [5, 5.41) is 11.4. The number of urea groups is 1. The first kappa shape index (κ1) is 20.1. The topological polar surface area (TPSA) is 98.2 Å². The predicted octanol–water partition coefficient (Wildman–Crippen LogP) is 1.53. The molecular formula is C21H28N6O4+2. The van der Waals surface area contributed by atoms with E-state index in [1.54, 1.807) is 32.3 Å². The van der Waals surface area contributed by atoms with Gasteiger partial charge in [0.15, 0.2) is 6.54 Å². The van der Waals surface area contributed by atoms with E-state index >= 15 is 0 Å². The van der Waals surface area contributed by atoms with Gasteiger partial charge in [-0.05, 0) is 34.9 Å². The second-order valence-corrected chi connectivity index (χ2v) is 8.75. The summed E-state index contributed by atoms with van der Waals surface area (Å²) in [5.74, 6) is -1.71. The van der Waals surface area contributed by atoms with Crippen molar-refractivity contribution in [3.63, 3.8) is 0 Å². The van der Waals surface area contributed by atoms with Crippen molar-refractivity contribution >= 4 is 34.9 Å². The number of amides is 3. The standard InChI is InChI=1S/C21H28N6O4/c1-5-10-25-19(29)18-21(23-13-24(18)3)26(4,20(25)30)27(31-21,12-14(2)28)17-11-22-16-9-7-6-8-15(16)17/h6-9,11,13-14,18,22,28H,5,10,12H2,1-4H3/q+2. The summed E-state index contributed by atoms with van der Waals surface area (Å²) in [4.78, 5) is 44.7. The molecule has 2 saturated heterocycles. The number of nitrogens with one attached hydrogen (secondary N) is 1. The maximum atomic E-state index is 14.0. The van der Waals surface area contributed by atoms with Gasteiger partial charge >= 0.3 is 11.9 Å². The Hall–Kier alpha value is -2.79. The first-order valence-electron chi connectivity index (χ1n) is 10.6. The molecule has 5 unspecified atom stereocenters. The molecule has 0 saturated carbocycles. The van der Waals surface area contributed by atoms with Gasteiger partial charge in [-0.25, -0.2) is 9.69 Å². The number of aromatic amines is 1. The van der Waals surface area contributed by atoms with E-state index in [1.165, 1.54) is 4.90 Å². The lowest BCUT2D eigenvalue weighted by Gasteiger charge is -2.62. The predicted molar refractivity (Wildman–Crippen MR) is 114 cm³/mol. The molecule has 5 rings (SSSR count). The second-order valence-electron chi connectivity index (χ2n) is 8.75. The number of para-hydroxylation sites is 1. The molecule has 0 bridgehead atoms. The highest BCUT2D eigenvalue weighted by molar-refractivity contribution is 6.00. The van der Waals surface area contributed by atoms with Gasteiger partial charge in [-0.15, -0.1) is 0 Å². The average molecular weight is 428 g/mol. The number of hydrogen-bond acceptors (Lipinski definition) is 6. The molecule has 10 heteroatoms. The maximum absolute atomic E-state index is 14.0. The Balaban J connectivity index is 1.76. The van der Waals surface area contributed by atoms with Gasteiger partial charge in [0, 0.05) is 18.3 Å². The van der Waals surface area contributed by atoms with Crippen molar-refractivity contribution in [2.45, 2.75) is 38.3 Å². The van der Waals surface area contributed by atoms with Crippen LogP contribution < -0.4 is 4.76 Å². The van der Waals surface area contributed by atoms with Crippen molar-refractivity contribution in [3.05, 3.63) is 30.5 Å². The lowest BCUT2D eigenvalue weighted by molar-refractivity contribution is -1.13. The fourth-order valence-corrected chi connectivity index (χ4v) is 5.37. The fourth-order valence-electron chi connectivity index (χ4n) is 5.37. The van der Waals surface area contributed by atoms with Gasteiger partial charge in [0.2, 0.25) is 11.7 Å². The summed E-state index contributed by atoms with van der Waals surface area (Å²) in [5.41, 5.74) is 1.61. The maximum Gasteiger partial charge on any atom is 0.481 e. The van der Waals surface area contributed by atoms with Crippen molar-refractivity contribution in [1.82, 2.24) is 19.5 Å². The van der Waals surface area contributed by atoms with Gasteiger partial charge in [0.05, 0.1) is 23.4 Å². The number of hydrogen-bond donors (Lipinski definition) is 2. The minimum Gasteiger partial charge on any atom is -0.387 e. The van der Waals surface area contributed by atoms with E-state index in [1.807, 2.05) is 37.4 Å². The van der Waals surface area contributed by atoms with E-state index in [0.717, 1.165) is 10.9 Å². The quantitative estimate of drug-likeness (QED) is 0.704. The van der Waals surface area contributed by atoms with Crippen LogP contribution >= 0.6 is 0 Å². The highest BCUT2D eigenvalue weighted by atomic mass is 16.9. The van der Waals surface area contributed by atoms with Crippen molar-refractivity contribution in [1.29, 1.82) is 0 Å². The number of H-pyrrole nitrogens is 1. The van der Waals surface area contributed by atoms with Crippen LogP contribution in [0.5, 0.6) is 0 Å². The molecule has 5 atom stereocenters. The molecule has 164 valence electrons. The van der Waals surface area contributed by atoms with Gasteiger partial charge in [0.25, 0.3) is 5.91 Å². The Morgan fingerprint density at radius 2 is 2.10 bits per heavy atom. The first-order valence-corrected chi connectivity index (χ1v) is 10.6. The number of hydroxylamine groups is 1. The van der Waals surface area contributed by atoms with Crippen LogP contribution in [-0.4, -0.2) is 87.9 Å². The summed E-state index contributed by atoms with van der Waals surface area (Å²) in [6.07, 6.45) is 3.25. The molecule has 1 aromatic heterocycles. The Bertz CT molecular complexity index is 1110. The van der Waals surface area contributed by atoms with Crippen LogP contribution in [0, 0.1) is 0 Å². The molecule has 0 radical (unpaired) electrons. The molecule has 4 heterocycles. The number of aliphatic hydroxyl groups excluding tert-OH is 1. The van der Waals surface area contributed by atoms with Crippen LogP contribution in [-0.2, 0) is 9.63 Å². The molecule has 3 amide bonds. The van der Waals surface area contributed by atoms with E-state index in [4.69, 9.17) is 4.84 Å². The monoisotopic (exact) mass is 428 g/mol. The third-order valence-corrected chi connectivity index (χ3v) is 6.75. The van der Waals surface area contributed by atoms with Gasteiger partial charge in [0.1, 0.15) is 13.2 Å². The zero-order chi connectivity index (χ0) is 22.2. The minimum absolute atomic E-state index is 0.117. The molecule has 3 aliphatic heterocycles. The van der Waals surface area contributed by atoms with E-state index in [0.29, 0.717) is 18.7 Å². The van der Waals surface area contributed by atoms with E-state index < -0.39 is 18.0 Å². The normalized spacial score (nSPS) is 35.3. The molecular weight excluding hydrogens is 400 g/mol. The number of rotatable bonds is 5. The molecule has 2 aromatic rings. The van der Waals surface area contributed by atoms with Gasteiger partial charge in [-0.3, -0.25) is 4.79 Å². The second kappa shape index (κ2) is 6.36. The number of aliphatic imine (C=N–C) groups is 1. The number of carbonyl (C=O) groups is 2. The lowest BCUT2D eigenvalue weighted by Crippen LogP contribution is -3.00. The summed E-state index contributed by atoms with van der Waals surface area (Å²) in [6.45, 7) is 4.03. The number of quaternary nitrogens is 2. The molecule has 0 aliphatic carbocycles. The number of likely N-dealkylation sites (N-methyl/N-ethyl adjacent to an activating group) is 2. The minimum atomic E-state index is -1.40. The van der Waals surface area contributed by atoms with Crippen LogP contribution in [0.15, 0.2) is 35.5 Å². The van der Waals surface area contributed by atoms with Crippen molar-refractivity contribution < 1.29 is 24.1 Å². The zero-order valence-electron chi connectivity index (χ0n) is 18.1. The van der Waals surface area contributed by atoms with E-state index in [2.05, 4.69) is 9.98 Å². The number of imide groups is 1. The van der Waals surface area contributed by atoms with Crippen LogP contribution in [0.1, 0.15) is 20.3 Å². The number of aliphatic hydroxyl groups is 1. The Morgan fingerprint density at radius 1 is 1.35 bits per heavy atom. The van der Waals surface area contributed by atoms with Gasteiger partial charge in [-0.2, -0.15) is 4.99 Å². The third kappa shape index (κ3) is 2.17. The Morgan fingerprint density at radius 3 is 2.81 bits per heavy atom. The first-order chi connectivity index (χ1) is 14.7. The molecule has 31 heavy (non-hydrogen) atoms. The summed E-state index contributed by atoms with van der Waals surface area (Å²) < 4.78 is -0.618. The smallest absolute Gasteiger partial charge is 0.387 e. The van der Waals surface area contributed by atoms with Crippen LogP contribution in [0.4, 0.5) is 10.5 Å². The largest absolute Gasteiger partial charge is 0.481 e. The molecule has 1 spiro atoms. The van der Waals surface area contributed by atoms with Crippen molar-refractivity contribution in [3.8, 4) is 0 Å². The molecule has 3 aliphatic rings. The molecule has 2 fully saturated rings. The number of nitrogens with zero attached hydrogens (tertiary/aromatic N) is 5. The van der Waals surface area contributed by atoms with E-state index in [9.17, 15) is 14.7 Å². The molecule has 1 aromatic carbocycles. The number of aromatic nitrogens is 1. The Kier molecular flexibility index (Phi) is 4.13. The third-order valence-electron chi connectivity index (χ3n) is 6.75. The number of benzene rings is 1. The highest BCUT2D eigenvalue weighted by Crippen LogP contribution is 2.58. The lowest BCUT2D eigenvalue weighted by atomic mass is 10.0.